The van der Waals surface area contributed by atoms with E-state index >= 15 is 0 Å². The highest BCUT2D eigenvalue weighted by Crippen LogP contribution is 2.33. The number of carbonyl (C=O) groups is 2. The molecule has 0 radical (unpaired) electrons. The van der Waals surface area contributed by atoms with Crippen molar-refractivity contribution >= 4 is 24.2 Å². The molecule has 0 aromatic carbocycles. The number of amides is 2. The van der Waals surface area contributed by atoms with E-state index in [4.69, 9.17) is 0 Å². The fourth-order valence-electron chi connectivity index (χ4n) is 4.34. The number of piperidine rings is 1. The van der Waals surface area contributed by atoms with Crippen LogP contribution in [-0.4, -0.2) is 48.4 Å². The standard InChI is InChI=1S/C17H29N3O2.ClH/c1-12(21)20-8-6-13(7-9-20)11-18-17(22)16-10-14-4-2-3-5-15(14)19-16;/h13-16,19H,2-11H2,1H3,(H,18,22);1H. The molecule has 1 saturated carbocycles. The molecule has 23 heavy (non-hydrogen) atoms. The molecule has 3 rings (SSSR count). The van der Waals surface area contributed by atoms with Crippen molar-refractivity contribution in [3.05, 3.63) is 0 Å². The molecule has 2 N–H and O–H groups in total. The van der Waals surface area contributed by atoms with E-state index in [-0.39, 0.29) is 30.3 Å². The van der Waals surface area contributed by atoms with Crippen LogP contribution in [0.1, 0.15) is 51.9 Å². The fraction of sp³-hybridized carbons (Fsp3) is 0.882. The van der Waals surface area contributed by atoms with Crippen molar-refractivity contribution in [1.82, 2.24) is 15.5 Å². The highest BCUT2D eigenvalue weighted by Gasteiger charge is 2.38. The van der Waals surface area contributed by atoms with Gasteiger partial charge in [-0.05, 0) is 43.9 Å². The van der Waals surface area contributed by atoms with Gasteiger partial charge in [0.2, 0.25) is 11.8 Å². The summed E-state index contributed by atoms with van der Waals surface area (Å²) in [5.41, 5.74) is 0. The largest absolute Gasteiger partial charge is 0.354 e. The van der Waals surface area contributed by atoms with E-state index in [1.165, 1.54) is 25.7 Å². The summed E-state index contributed by atoms with van der Waals surface area (Å²) in [6, 6.07) is 0.591. The number of nitrogens with zero attached hydrogens (tertiary/aromatic N) is 1. The minimum Gasteiger partial charge on any atom is -0.354 e. The van der Waals surface area contributed by atoms with Gasteiger partial charge in [0.25, 0.3) is 0 Å². The topological polar surface area (TPSA) is 61.4 Å². The van der Waals surface area contributed by atoms with Gasteiger partial charge < -0.3 is 15.5 Å². The van der Waals surface area contributed by atoms with Crippen LogP contribution in [0, 0.1) is 11.8 Å². The van der Waals surface area contributed by atoms with Crippen molar-refractivity contribution in [1.29, 1.82) is 0 Å². The lowest BCUT2D eigenvalue weighted by Gasteiger charge is -2.31. The molecule has 3 fully saturated rings. The maximum Gasteiger partial charge on any atom is 0.237 e. The van der Waals surface area contributed by atoms with Gasteiger partial charge in [-0.25, -0.2) is 0 Å². The molecule has 0 aromatic rings. The first-order chi connectivity index (χ1) is 10.6. The summed E-state index contributed by atoms with van der Waals surface area (Å²) in [7, 11) is 0. The van der Waals surface area contributed by atoms with Crippen molar-refractivity contribution in [2.75, 3.05) is 19.6 Å². The fourth-order valence-corrected chi connectivity index (χ4v) is 4.34. The molecule has 0 bridgehead atoms. The smallest absolute Gasteiger partial charge is 0.237 e. The number of hydrogen-bond donors (Lipinski definition) is 2. The first kappa shape index (κ1) is 18.5. The summed E-state index contributed by atoms with van der Waals surface area (Å²) in [6.45, 7) is 4.06. The third-order valence-corrected chi connectivity index (χ3v) is 5.80. The summed E-state index contributed by atoms with van der Waals surface area (Å²) < 4.78 is 0. The molecule has 3 unspecified atom stereocenters. The Bertz CT molecular complexity index is 410. The quantitative estimate of drug-likeness (QED) is 0.820. The minimum absolute atomic E-state index is 0. The number of halogens is 1. The van der Waals surface area contributed by atoms with Crippen LogP contribution in [0.5, 0.6) is 0 Å². The Balaban J connectivity index is 0.00000192. The summed E-state index contributed by atoms with van der Waals surface area (Å²) in [5, 5.41) is 6.68. The van der Waals surface area contributed by atoms with Gasteiger partial charge in [0.05, 0.1) is 6.04 Å². The molecular formula is C17H30ClN3O2. The summed E-state index contributed by atoms with van der Waals surface area (Å²) in [6.07, 6.45) is 8.16. The van der Waals surface area contributed by atoms with Crippen LogP contribution in [0.25, 0.3) is 0 Å². The van der Waals surface area contributed by atoms with E-state index in [1.54, 1.807) is 6.92 Å². The van der Waals surface area contributed by atoms with Crippen LogP contribution in [0.3, 0.4) is 0 Å². The SMILES string of the molecule is CC(=O)N1CCC(CNC(=O)C2CC3CCCCC3N2)CC1.Cl. The zero-order chi connectivity index (χ0) is 15.5. The maximum atomic E-state index is 12.4. The highest BCUT2D eigenvalue weighted by atomic mass is 35.5. The predicted molar refractivity (Wildman–Crippen MR) is 92.5 cm³/mol. The third-order valence-electron chi connectivity index (χ3n) is 5.80. The first-order valence-electron chi connectivity index (χ1n) is 8.92. The van der Waals surface area contributed by atoms with Gasteiger partial charge in [-0.2, -0.15) is 0 Å². The van der Waals surface area contributed by atoms with E-state index in [0.717, 1.165) is 38.9 Å². The molecule has 2 amide bonds. The molecule has 2 saturated heterocycles. The first-order valence-corrected chi connectivity index (χ1v) is 8.92. The van der Waals surface area contributed by atoms with Crippen LogP contribution in [0.2, 0.25) is 0 Å². The van der Waals surface area contributed by atoms with E-state index in [1.807, 2.05) is 4.90 Å². The molecule has 3 atom stereocenters. The molecule has 5 nitrogen and oxygen atoms in total. The Labute approximate surface area is 145 Å². The molecular weight excluding hydrogens is 314 g/mol. The molecule has 0 spiro atoms. The lowest BCUT2D eigenvalue weighted by molar-refractivity contribution is -0.130. The Morgan fingerprint density at radius 1 is 1.13 bits per heavy atom. The van der Waals surface area contributed by atoms with Crippen LogP contribution in [-0.2, 0) is 9.59 Å². The van der Waals surface area contributed by atoms with Crippen molar-refractivity contribution in [2.45, 2.75) is 64.0 Å². The van der Waals surface area contributed by atoms with Crippen molar-refractivity contribution in [3.63, 3.8) is 0 Å². The van der Waals surface area contributed by atoms with Gasteiger partial charge in [0.1, 0.15) is 0 Å². The molecule has 1 aliphatic carbocycles. The zero-order valence-corrected chi connectivity index (χ0v) is 14.9. The number of rotatable bonds is 3. The summed E-state index contributed by atoms with van der Waals surface area (Å²) in [4.78, 5) is 25.6. The second-order valence-electron chi connectivity index (χ2n) is 7.30. The van der Waals surface area contributed by atoms with Crippen LogP contribution < -0.4 is 10.6 Å². The molecule has 0 aromatic heterocycles. The van der Waals surface area contributed by atoms with Crippen molar-refractivity contribution in [3.8, 4) is 0 Å². The Morgan fingerprint density at radius 2 is 1.83 bits per heavy atom. The monoisotopic (exact) mass is 343 g/mol. The molecule has 6 heteroatoms. The predicted octanol–water partition coefficient (Wildman–Crippen LogP) is 1.70. The van der Waals surface area contributed by atoms with Crippen molar-refractivity contribution < 1.29 is 9.59 Å². The Kier molecular flexibility index (Phi) is 6.72. The summed E-state index contributed by atoms with van der Waals surface area (Å²) >= 11 is 0. The maximum absolute atomic E-state index is 12.4. The van der Waals surface area contributed by atoms with Crippen molar-refractivity contribution in [2.24, 2.45) is 11.8 Å². The molecule has 2 heterocycles. The second-order valence-corrected chi connectivity index (χ2v) is 7.30. The zero-order valence-electron chi connectivity index (χ0n) is 14.1. The van der Waals surface area contributed by atoms with Gasteiger partial charge in [-0.3, -0.25) is 9.59 Å². The van der Waals surface area contributed by atoms with Crippen LogP contribution in [0.4, 0.5) is 0 Å². The average molecular weight is 344 g/mol. The lowest BCUT2D eigenvalue weighted by atomic mass is 9.85. The number of nitrogens with one attached hydrogen (secondary N) is 2. The minimum atomic E-state index is 0. The molecule has 132 valence electrons. The summed E-state index contributed by atoms with van der Waals surface area (Å²) in [5.74, 6) is 1.58. The van der Waals surface area contributed by atoms with Gasteiger partial charge in [0, 0.05) is 32.6 Å². The van der Waals surface area contributed by atoms with E-state index in [0.29, 0.717) is 17.9 Å². The Hall–Kier alpha value is -0.810. The molecule has 2 aliphatic heterocycles. The molecule has 3 aliphatic rings. The highest BCUT2D eigenvalue weighted by molar-refractivity contribution is 5.85. The number of fused-ring (bicyclic) bond motifs is 1. The number of carbonyl (C=O) groups excluding carboxylic acids is 2. The van der Waals surface area contributed by atoms with Gasteiger partial charge in [-0.1, -0.05) is 12.8 Å². The van der Waals surface area contributed by atoms with Crippen LogP contribution >= 0.6 is 12.4 Å². The Morgan fingerprint density at radius 3 is 2.48 bits per heavy atom. The van der Waals surface area contributed by atoms with E-state index in [9.17, 15) is 9.59 Å². The van der Waals surface area contributed by atoms with Gasteiger partial charge >= 0.3 is 0 Å². The third kappa shape index (κ3) is 4.60. The number of hydrogen-bond acceptors (Lipinski definition) is 3. The van der Waals surface area contributed by atoms with Crippen LogP contribution in [0.15, 0.2) is 0 Å². The second kappa shape index (κ2) is 8.34. The average Bonchev–Trinajstić information content (AvgIpc) is 2.97. The van der Waals surface area contributed by atoms with E-state index in [2.05, 4.69) is 10.6 Å². The van der Waals surface area contributed by atoms with E-state index < -0.39 is 0 Å². The lowest BCUT2D eigenvalue weighted by Crippen LogP contribution is -2.46. The van der Waals surface area contributed by atoms with Gasteiger partial charge in [-0.15, -0.1) is 12.4 Å². The normalized spacial score (nSPS) is 31.2. The van der Waals surface area contributed by atoms with Gasteiger partial charge in [0.15, 0.2) is 0 Å². The number of likely N-dealkylation sites (tertiary alicyclic amines) is 1.